The Morgan fingerprint density at radius 3 is 2.12 bits per heavy atom. The van der Waals surface area contributed by atoms with Gasteiger partial charge in [0.15, 0.2) is 11.5 Å². The lowest BCUT2D eigenvalue weighted by atomic mass is 9.85. The molecule has 0 radical (unpaired) electrons. The molecule has 0 aromatic heterocycles. The lowest BCUT2D eigenvalue weighted by Gasteiger charge is -2.18. The van der Waals surface area contributed by atoms with Crippen LogP contribution >= 0.6 is 0 Å². The molecule has 0 amide bonds. The second-order valence-electron chi connectivity index (χ2n) is 4.63. The number of hydrogen-bond acceptors (Lipinski definition) is 3. The van der Waals surface area contributed by atoms with Crippen LogP contribution in [0, 0.1) is 5.92 Å². The highest BCUT2D eigenvalue weighted by Gasteiger charge is 2.31. The fourth-order valence-corrected chi connectivity index (χ4v) is 2.01. The van der Waals surface area contributed by atoms with E-state index in [2.05, 4.69) is 0 Å². The minimum Gasteiger partial charge on any atom is -0.504 e. The Kier molecular flexibility index (Phi) is 2.84. The molecule has 0 unspecified atom stereocenters. The van der Waals surface area contributed by atoms with Gasteiger partial charge in [-0.2, -0.15) is 0 Å². The van der Waals surface area contributed by atoms with Crippen molar-refractivity contribution >= 4 is 11.6 Å². The van der Waals surface area contributed by atoms with E-state index in [1.165, 1.54) is 0 Å². The van der Waals surface area contributed by atoms with Crippen LogP contribution in [-0.4, -0.2) is 16.7 Å². The summed E-state index contributed by atoms with van der Waals surface area (Å²) in [7, 11) is 0. The Hall–Kier alpha value is -1.90. The van der Waals surface area contributed by atoms with Crippen LogP contribution in [0.4, 0.5) is 0 Å². The highest BCUT2D eigenvalue weighted by molar-refractivity contribution is 6.25. The van der Waals surface area contributed by atoms with Crippen LogP contribution in [-0.2, 0) is 0 Å². The second-order valence-corrected chi connectivity index (χ2v) is 4.63. The van der Waals surface area contributed by atoms with Gasteiger partial charge in [0.25, 0.3) is 0 Å². The van der Waals surface area contributed by atoms with Crippen molar-refractivity contribution in [2.45, 2.75) is 20.3 Å². The number of aliphatic hydroxyl groups excluding tert-OH is 1. The van der Waals surface area contributed by atoms with Gasteiger partial charge in [-0.15, -0.1) is 0 Å². The molecule has 0 saturated carbocycles. The number of ketones is 2. The van der Waals surface area contributed by atoms with Crippen molar-refractivity contribution in [1.29, 1.82) is 0 Å². The van der Waals surface area contributed by atoms with Crippen LogP contribution in [0.15, 0.2) is 35.6 Å². The molecule has 17 heavy (non-hydrogen) atoms. The van der Waals surface area contributed by atoms with Crippen molar-refractivity contribution in [3.63, 3.8) is 0 Å². The molecular weight excluding hydrogens is 216 g/mol. The van der Waals surface area contributed by atoms with E-state index in [-0.39, 0.29) is 23.0 Å². The first-order valence-corrected chi connectivity index (χ1v) is 5.63. The smallest absolute Gasteiger partial charge is 0.228 e. The number of carbonyl (C=O) groups excluding carboxylic acids is 2. The molecule has 1 aromatic rings. The highest BCUT2D eigenvalue weighted by atomic mass is 16.3. The van der Waals surface area contributed by atoms with E-state index in [1.807, 2.05) is 13.8 Å². The van der Waals surface area contributed by atoms with Gasteiger partial charge in [0, 0.05) is 16.7 Å². The topological polar surface area (TPSA) is 54.4 Å². The van der Waals surface area contributed by atoms with E-state index in [0.29, 0.717) is 17.5 Å². The zero-order chi connectivity index (χ0) is 12.6. The molecule has 0 bridgehead atoms. The van der Waals surface area contributed by atoms with Crippen molar-refractivity contribution < 1.29 is 14.7 Å². The van der Waals surface area contributed by atoms with Crippen LogP contribution in [0.5, 0.6) is 0 Å². The summed E-state index contributed by atoms with van der Waals surface area (Å²) in [6, 6.07) is 6.60. The first-order valence-electron chi connectivity index (χ1n) is 5.63. The van der Waals surface area contributed by atoms with E-state index < -0.39 is 5.78 Å². The van der Waals surface area contributed by atoms with Gasteiger partial charge < -0.3 is 5.11 Å². The summed E-state index contributed by atoms with van der Waals surface area (Å²) in [5.74, 6) is -0.848. The van der Waals surface area contributed by atoms with Gasteiger partial charge in [0.2, 0.25) is 5.78 Å². The third kappa shape index (κ3) is 1.88. The van der Waals surface area contributed by atoms with Gasteiger partial charge >= 0.3 is 0 Å². The lowest BCUT2D eigenvalue weighted by molar-refractivity contribution is 0.0924. The molecule has 0 atom stereocenters. The molecule has 0 aliphatic heterocycles. The van der Waals surface area contributed by atoms with Gasteiger partial charge in [0.1, 0.15) is 0 Å². The summed E-state index contributed by atoms with van der Waals surface area (Å²) in [6.07, 6.45) is 0.421. The SMILES string of the molecule is CC(C)CC1=C(O)C(=O)c2ccccc2C1=O. The van der Waals surface area contributed by atoms with E-state index >= 15 is 0 Å². The van der Waals surface area contributed by atoms with Crippen LogP contribution in [0.3, 0.4) is 0 Å². The minimum absolute atomic E-state index is 0.217. The number of allylic oxidation sites excluding steroid dienone is 2. The standard InChI is InChI=1S/C14H14O3/c1-8(2)7-11-12(15)9-5-3-4-6-10(9)13(16)14(11)17/h3-6,8,17H,7H2,1-2H3. The maximum Gasteiger partial charge on any atom is 0.228 e. The number of rotatable bonds is 2. The van der Waals surface area contributed by atoms with Gasteiger partial charge in [-0.1, -0.05) is 38.1 Å². The number of fused-ring (bicyclic) bond motifs is 1. The Morgan fingerprint density at radius 2 is 1.59 bits per heavy atom. The lowest BCUT2D eigenvalue weighted by Crippen LogP contribution is -2.22. The monoisotopic (exact) mass is 230 g/mol. The Bertz CT molecular complexity index is 524. The molecule has 88 valence electrons. The molecule has 1 N–H and O–H groups in total. The predicted molar refractivity (Wildman–Crippen MR) is 64.2 cm³/mol. The average Bonchev–Trinajstić information content (AvgIpc) is 2.31. The number of carbonyl (C=O) groups is 2. The van der Waals surface area contributed by atoms with Gasteiger partial charge in [0.05, 0.1) is 0 Å². The summed E-state index contributed by atoms with van der Waals surface area (Å²) in [4.78, 5) is 24.0. The Morgan fingerprint density at radius 1 is 1.06 bits per heavy atom. The summed E-state index contributed by atoms with van der Waals surface area (Å²) in [5.41, 5.74) is 0.928. The Balaban J connectivity index is 2.54. The third-order valence-electron chi connectivity index (χ3n) is 2.80. The quantitative estimate of drug-likeness (QED) is 0.849. The van der Waals surface area contributed by atoms with Crippen LogP contribution in [0.1, 0.15) is 41.0 Å². The minimum atomic E-state index is -0.448. The van der Waals surface area contributed by atoms with Crippen LogP contribution in [0.2, 0.25) is 0 Å². The van der Waals surface area contributed by atoms with E-state index in [1.54, 1.807) is 24.3 Å². The fraction of sp³-hybridized carbons (Fsp3) is 0.286. The van der Waals surface area contributed by atoms with Crippen molar-refractivity contribution in [2.24, 2.45) is 5.92 Å². The van der Waals surface area contributed by atoms with E-state index in [9.17, 15) is 14.7 Å². The fourth-order valence-electron chi connectivity index (χ4n) is 2.01. The maximum absolute atomic E-state index is 12.1. The van der Waals surface area contributed by atoms with E-state index in [4.69, 9.17) is 0 Å². The van der Waals surface area contributed by atoms with Crippen molar-refractivity contribution in [1.82, 2.24) is 0 Å². The summed E-state index contributed by atoms with van der Waals surface area (Å²) in [6.45, 7) is 3.89. The average molecular weight is 230 g/mol. The Labute approximate surface area is 99.8 Å². The molecule has 1 aliphatic rings. The molecule has 0 saturated heterocycles. The molecule has 0 spiro atoms. The number of benzene rings is 1. The van der Waals surface area contributed by atoms with Gasteiger partial charge in [-0.25, -0.2) is 0 Å². The first-order chi connectivity index (χ1) is 8.02. The molecule has 3 heteroatoms. The van der Waals surface area contributed by atoms with E-state index in [0.717, 1.165) is 0 Å². The molecule has 1 aliphatic carbocycles. The molecule has 2 rings (SSSR count). The normalized spacial score (nSPS) is 15.5. The molecule has 0 heterocycles. The van der Waals surface area contributed by atoms with Gasteiger partial charge in [-0.3, -0.25) is 9.59 Å². The number of aliphatic hydroxyl groups is 1. The molecular formula is C14H14O3. The number of Topliss-reactive ketones (excluding diaryl/α,β-unsaturated/α-hetero) is 2. The summed E-state index contributed by atoms with van der Waals surface area (Å²) >= 11 is 0. The zero-order valence-corrected chi connectivity index (χ0v) is 9.86. The third-order valence-corrected chi connectivity index (χ3v) is 2.80. The van der Waals surface area contributed by atoms with Crippen molar-refractivity contribution in [2.75, 3.05) is 0 Å². The van der Waals surface area contributed by atoms with Gasteiger partial charge in [-0.05, 0) is 12.3 Å². The van der Waals surface area contributed by atoms with Crippen LogP contribution in [0.25, 0.3) is 0 Å². The van der Waals surface area contributed by atoms with Crippen LogP contribution < -0.4 is 0 Å². The largest absolute Gasteiger partial charge is 0.504 e. The zero-order valence-electron chi connectivity index (χ0n) is 9.86. The summed E-state index contributed by atoms with van der Waals surface area (Å²) < 4.78 is 0. The second kappa shape index (κ2) is 4.17. The maximum atomic E-state index is 12.1. The molecule has 3 nitrogen and oxygen atoms in total. The first kappa shape index (κ1) is 11.6. The number of hydrogen-bond donors (Lipinski definition) is 1. The predicted octanol–water partition coefficient (Wildman–Crippen LogP) is 2.92. The van der Waals surface area contributed by atoms with Crippen molar-refractivity contribution in [3.05, 3.63) is 46.7 Å². The molecule has 0 fully saturated rings. The highest BCUT2D eigenvalue weighted by Crippen LogP contribution is 2.28. The molecule has 1 aromatic carbocycles. The summed E-state index contributed by atoms with van der Waals surface area (Å²) in [5, 5.41) is 9.81. The van der Waals surface area contributed by atoms with Crippen molar-refractivity contribution in [3.8, 4) is 0 Å².